The second-order valence-corrected chi connectivity index (χ2v) is 7.58. The molecule has 0 saturated carbocycles. The molecule has 0 aliphatic carbocycles. The van der Waals surface area contributed by atoms with Crippen LogP contribution in [0, 0.1) is 0 Å². The topological polar surface area (TPSA) is 82.2 Å². The molecular formula is C15H19N5O2S. The maximum atomic E-state index is 12.1. The molecule has 0 unspecified atom stereocenters. The molecule has 0 saturated heterocycles. The van der Waals surface area contributed by atoms with Gasteiger partial charge in [-0.15, -0.1) is 0 Å². The van der Waals surface area contributed by atoms with Crippen LogP contribution < -0.4 is 0 Å². The molecule has 0 spiro atoms. The van der Waals surface area contributed by atoms with Crippen LogP contribution in [-0.4, -0.2) is 38.8 Å². The van der Waals surface area contributed by atoms with Crippen molar-refractivity contribution >= 4 is 15.5 Å². The van der Waals surface area contributed by atoms with Gasteiger partial charge in [0.2, 0.25) is 0 Å². The van der Waals surface area contributed by atoms with E-state index in [9.17, 15) is 8.42 Å². The number of rotatable bonds is 5. The Labute approximate surface area is 134 Å². The number of imidazole rings is 1. The lowest BCUT2D eigenvalue weighted by molar-refractivity contribution is 0.597. The van der Waals surface area contributed by atoms with Crippen LogP contribution in [0.3, 0.4) is 0 Å². The fourth-order valence-electron chi connectivity index (χ4n) is 2.50. The number of aromatic nitrogens is 5. The number of sulfone groups is 1. The molecule has 8 heteroatoms. The lowest BCUT2D eigenvalue weighted by Crippen LogP contribution is -2.08. The lowest BCUT2D eigenvalue weighted by Gasteiger charge is -2.07. The van der Waals surface area contributed by atoms with Crippen molar-refractivity contribution in [3.05, 3.63) is 30.5 Å². The summed E-state index contributed by atoms with van der Waals surface area (Å²) < 4.78 is 27.7. The second-order valence-electron chi connectivity index (χ2n) is 5.65. The molecule has 7 nitrogen and oxygen atoms in total. The predicted molar refractivity (Wildman–Crippen MR) is 86.9 cm³/mol. The van der Waals surface area contributed by atoms with Crippen molar-refractivity contribution in [2.75, 3.05) is 6.26 Å². The number of fused-ring (bicyclic) bond motifs is 1. The summed E-state index contributed by atoms with van der Waals surface area (Å²) in [5.41, 5.74) is 2.79. The first kappa shape index (κ1) is 15.7. The highest BCUT2D eigenvalue weighted by Gasteiger charge is 2.20. The molecule has 0 atom stereocenters. The van der Waals surface area contributed by atoms with E-state index in [1.807, 2.05) is 19.4 Å². The number of hydrogen-bond acceptors (Lipinski definition) is 5. The van der Waals surface area contributed by atoms with Crippen molar-refractivity contribution in [3.63, 3.8) is 0 Å². The normalized spacial score (nSPS) is 12.1. The standard InChI is InChI=1S/C15H19N5O2S/c1-4-5-6-12-10-20-13(11-7-17-19(2)9-11)8-16-14(20)15(18-12)23(3,21)22/h7-10H,4-6H2,1-3H3. The van der Waals surface area contributed by atoms with Gasteiger partial charge in [0.15, 0.2) is 20.5 Å². The van der Waals surface area contributed by atoms with E-state index in [1.54, 1.807) is 21.5 Å². The van der Waals surface area contributed by atoms with Crippen LogP contribution in [0.25, 0.3) is 16.9 Å². The van der Waals surface area contributed by atoms with E-state index in [1.165, 1.54) is 0 Å². The van der Waals surface area contributed by atoms with Crippen molar-refractivity contribution in [2.45, 2.75) is 31.2 Å². The number of hydrogen-bond donors (Lipinski definition) is 0. The molecule has 0 aliphatic heterocycles. The van der Waals surface area contributed by atoms with Gasteiger partial charge in [0.05, 0.1) is 23.8 Å². The Bertz CT molecular complexity index is 956. The minimum Gasteiger partial charge on any atom is -0.295 e. The minimum atomic E-state index is -3.46. The van der Waals surface area contributed by atoms with Crippen molar-refractivity contribution in [1.82, 2.24) is 24.1 Å². The molecular weight excluding hydrogens is 314 g/mol. The van der Waals surface area contributed by atoms with Gasteiger partial charge in [0.25, 0.3) is 0 Å². The Balaban J connectivity index is 2.25. The molecule has 3 aromatic rings. The first-order chi connectivity index (χ1) is 10.9. The first-order valence-electron chi connectivity index (χ1n) is 7.46. The van der Waals surface area contributed by atoms with Crippen LogP contribution in [-0.2, 0) is 23.3 Å². The van der Waals surface area contributed by atoms with Crippen LogP contribution in [0.15, 0.2) is 29.8 Å². The third-order valence-electron chi connectivity index (χ3n) is 3.65. The fraction of sp³-hybridized carbons (Fsp3) is 0.400. The molecule has 23 heavy (non-hydrogen) atoms. The van der Waals surface area contributed by atoms with E-state index in [2.05, 4.69) is 22.0 Å². The molecule has 3 rings (SSSR count). The summed E-state index contributed by atoms with van der Waals surface area (Å²) in [4.78, 5) is 8.61. The maximum Gasteiger partial charge on any atom is 0.198 e. The molecule has 3 aromatic heterocycles. The van der Waals surface area contributed by atoms with Gasteiger partial charge in [-0.05, 0) is 12.8 Å². The summed E-state index contributed by atoms with van der Waals surface area (Å²) in [6.07, 6.45) is 11.0. The van der Waals surface area contributed by atoms with E-state index in [0.29, 0.717) is 5.65 Å². The van der Waals surface area contributed by atoms with Crippen molar-refractivity contribution in [2.24, 2.45) is 7.05 Å². The van der Waals surface area contributed by atoms with Gasteiger partial charge in [-0.2, -0.15) is 5.10 Å². The average Bonchev–Trinajstić information content (AvgIpc) is 3.09. The molecule has 122 valence electrons. The zero-order valence-corrected chi connectivity index (χ0v) is 14.2. The maximum absolute atomic E-state index is 12.1. The number of nitrogens with zero attached hydrogens (tertiary/aromatic N) is 5. The molecule has 0 bridgehead atoms. The monoisotopic (exact) mass is 333 g/mol. The summed E-state index contributed by atoms with van der Waals surface area (Å²) in [5, 5.41) is 4.19. The lowest BCUT2D eigenvalue weighted by atomic mass is 10.2. The summed E-state index contributed by atoms with van der Waals surface area (Å²) in [5.74, 6) is 0. The highest BCUT2D eigenvalue weighted by Crippen LogP contribution is 2.24. The summed E-state index contributed by atoms with van der Waals surface area (Å²) >= 11 is 0. The fourth-order valence-corrected chi connectivity index (χ4v) is 3.27. The van der Waals surface area contributed by atoms with Gasteiger partial charge < -0.3 is 0 Å². The largest absolute Gasteiger partial charge is 0.295 e. The smallest absolute Gasteiger partial charge is 0.198 e. The Kier molecular flexibility index (Phi) is 3.93. The van der Waals surface area contributed by atoms with E-state index < -0.39 is 9.84 Å². The molecule has 3 heterocycles. The summed E-state index contributed by atoms with van der Waals surface area (Å²) in [7, 11) is -1.62. The van der Waals surface area contributed by atoms with Crippen LogP contribution in [0.4, 0.5) is 0 Å². The average molecular weight is 333 g/mol. The zero-order chi connectivity index (χ0) is 16.6. The van der Waals surface area contributed by atoms with Gasteiger partial charge in [0.1, 0.15) is 0 Å². The SMILES string of the molecule is CCCCc1cn2c(-c3cnn(C)c3)cnc2c(S(C)(=O)=O)n1. The molecule has 0 fully saturated rings. The van der Waals surface area contributed by atoms with Crippen molar-refractivity contribution < 1.29 is 8.42 Å². The van der Waals surface area contributed by atoms with Crippen LogP contribution in [0.1, 0.15) is 25.5 Å². The Morgan fingerprint density at radius 2 is 2.00 bits per heavy atom. The highest BCUT2D eigenvalue weighted by atomic mass is 32.2. The Morgan fingerprint density at radius 3 is 2.61 bits per heavy atom. The molecule has 0 aliphatic rings. The van der Waals surface area contributed by atoms with E-state index in [0.717, 1.165) is 42.5 Å². The van der Waals surface area contributed by atoms with Gasteiger partial charge in [-0.1, -0.05) is 13.3 Å². The first-order valence-corrected chi connectivity index (χ1v) is 9.35. The molecule has 0 amide bonds. The van der Waals surface area contributed by atoms with E-state index in [-0.39, 0.29) is 5.03 Å². The van der Waals surface area contributed by atoms with E-state index in [4.69, 9.17) is 0 Å². The number of aryl methyl sites for hydroxylation is 2. The van der Waals surface area contributed by atoms with Crippen molar-refractivity contribution in [3.8, 4) is 11.3 Å². The van der Waals surface area contributed by atoms with Gasteiger partial charge in [-0.25, -0.2) is 18.4 Å². The highest BCUT2D eigenvalue weighted by molar-refractivity contribution is 7.90. The minimum absolute atomic E-state index is 0.0289. The second kappa shape index (κ2) is 5.77. The van der Waals surface area contributed by atoms with Crippen LogP contribution >= 0.6 is 0 Å². The van der Waals surface area contributed by atoms with Crippen LogP contribution in [0.5, 0.6) is 0 Å². The third kappa shape index (κ3) is 2.98. The molecule has 0 aromatic carbocycles. The molecule has 0 radical (unpaired) electrons. The Morgan fingerprint density at radius 1 is 1.22 bits per heavy atom. The van der Waals surface area contributed by atoms with Crippen LogP contribution in [0.2, 0.25) is 0 Å². The van der Waals surface area contributed by atoms with E-state index >= 15 is 0 Å². The summed E-state index contributed by atoms with van der Waals surface area (Å²) in [6, 6.07) is 0. The summed E-state index contributed by atoms with van der Waals surface area (Å²) in [6.45, 7) is 2.09. The van der Waals surface area contributed by atoms with Gasteiger partial charge in [-0.3, -0.25) is 9.08 Å². The predicted octanol–water partition coefficient (Wildman–Crippen LogP) is 1.88. The van der Waals surface area contributed by atoms with Gasteiger partial charge >= 0.3 is 0 Å². The molecule has 0 N–H and O–H groups in total. The number of unbranched alkanes of at least 4 members (excludes halogenated alkanes) is 1. The zero-order valence-electron chi connectivity index (χ0n) is 13.4. The third-order valence-corrected chi connectivity index (χ3v) is 4.63. The quantitative estimate of drug-likeness (QED) is 0.712. The Hall–Kier alpha value is -2.22. The van der Waals surface area contributed by atoms with Crippen molar-refractivity contribution in [1.29, 1.82) is 0 Å². The van der Waals surface area contributed by atoms with Gasteiger partial charge in [0, 0.05) is 31.3 Å².